The molecule has 0 saturated heterocycles. The van der Waals surface area contributed by atoms with E-state index in [1.807, 2.05) is 6.92 Å². The third-order valence-corrected chi connectivity index (χ3v) is 6.37. The molecular weight excluding hydrogens is 358 g/mol. The van der Waals surface area contributed by atoms with Gasteiger partial charge >= 0.3 is 5.97 Å². The molecule has 0 radical (unpaired) electrons. The van der Waals surface area contributed by atoms with Gasteiger partial charge in [0.1, 0.15) is 5.00 Å². The number of hydrogen-bond donors (Lipinski definition) is 1. The van der Waals surface area contributed by atoms with Gasteiger partial charge in [-0.25, -0.2) is 4.79 Å². The van der Waals surface area contributed by atoms with E-state index in [0.29, 0.717) is 23.6 Å². The van der Waals surface area contributed by atoms with Crippen molar-refractivity contribution >= 4 is 28.2 Å². The number of fused-ring (bicyclic) bond motifs is 1. The summed E-state index contributed by atoms with van der Waals surface area (Å²) in [4.78, 5) is 26.2. The smallest absolute Gasteiger partial charge is 0.341 e. The van der Waals surface area contributed by atoms with E-state index in [2.05, 4.69) is 12.2 Å². The molecule has 0 saturated carbocycles. The van der Waals surface area contributed by atoms with Gasteiger partial charge < -0.3 is 10.1 Å². The molecule has 1 amide bonds. The Labute approximate surface area is 168 Å². The van der Waals surface area contributed by atoms with E-state index in [1.165, 1.54) is 43.4 Å². The average molecular weight is 394 g/mol. The Morgan fingerprint density at radius 2 is 1.67 bits per heavy atom. The minimum Gasteiger partial charge on any atom is -0.462 e. The van der Waals surface area contributed by atoms with Gasteiger partial charge in [0.2, 0.25) is 5.91 Å². The fourth-order valence-electron chi connectivity index (χ4n) is 3.68. The number of esters is 1. The van der Waals surface area contributed by atoms with Crippen LogP contribution in [0.3, 0.4) is 0 Å². The Bertz CT molecular complexity index is 609. The maximum absolute atomic E-state index is 12.5. The Morgan fingerprint density at radius 1 is 0.963 bits per heavy atom. The first-order chi connectivity index (χ1) is 13.2. The van der Waals surface area contributed by atoms with Gasteiger partial charge in [0.15, 0.2) is 0 Å². The van der Waals surface area contributed by atoms with E-state index in [9.17, 15) is 9.59 Å². The molecule has 2 rings (SSSR count). The molecule has 0 atom stereocenters. The first kappa shape index (κ1) is 21.9. The highest BCUT2D eigenvalue weighted by Crippen LogP contribution is 2.38. The summed E-state index contributed by atoms with van der Waals surface area (Å²) in [7, 11) is 0. The normalized spacial score (nSPS) is 13.7. The van der Waals surface area contributed by atoms with Gasteiger partial charge in [-0.15, -0.1) is 11.3 Å². The number of carbonyl (C=O) groups is 2. The second kappa shape index (κ2) is 12.2. The van der Waals surface area contributed by atoms with Crippen molar-refractivity contribution in [1.82, 2.24) is 0 Å². The van der Waals surface area contributed by atoms with E-state index in [4.69, 9.17) is 4.74 Å². The summed E-state index contributed by atoms with van der Waals surface area (Å²) in [5.74, 6) is -0.270. The van der Waals surface area contributed by atoms with E-state index >= 15 is 0 Å². The summed E-state index contributed by atoms with van der Waals surface area (Å²) in [5.41, 5.74) is 1.73. The summed E-state index contributed by atoms with van der Waals surface area (Å²) in [6, 6.07) is 0. The standard InChI is InChI=1S/C22H35NO3S/c1-3-5-6-7-8-9-13-16-19(24)23-21-20(22(25)26-4-2)17-14-11-10-12-15-18(17)27-21/h3-16H2,1-2H3,(H,23,24). The highest BCUT2D eigenvalue weighted by Gasteiger charge is 2.26. The molecule has 0 bridgehead atoms. The molecule has 4 nitrogen and oxygen atoms in total. The second-order valence-corrected chi connectivity index (χ2v) is 8.51. The number of anilines is 1. The third kappa shape index (κ3) is 6.95. The molecule has 27 heavy (non-hydrogen) atoms. The minimum absolute atomic E-state index is 0.0190. The fourth-order valence-corrected chi connectivity index (χ4v) is 4.98. The number of nitrogens with one attached hydrogen (secondary N) is 1. The summed E-state index contributed by atoms with van der Waals surface area (Å²) < 4.78 is 5.28. The van der Waals surface area contributed by atoms with Crippen LogP contribution in [0, 0.1) is 0 Å². The minimum atomic E-state index is -0.289. The highest BCUT2D eigenvalue weighted by molar-refractivity contribution is 7.17. The molecule has 0 spiro atoms. The molecule has 1 aliphatic rings. The molecule has 1 heterocycles. The van der Waals surface area contributed by atoms with Crippen LogP contribution in [0.2, 0.25) is 0 Å². The molecule has 1 aromatic heterocycles. The van der Waals surface area contributed by atoms with Crippen molar-refractivity contribution < 1.29 is 14.3 Å². The molecular formula is C22H35NO3S. The number of ether oxygens (including phenoxy) is 1. The molecule has 5 heteroatoms. The largest absolute Gasteiger partial charge is 0.462 e. The predicted octanol–water partition coefficient (Wildman–Crippen LogP) is 6.27. The van der Waals surface area contributed by atoms with E-state index in [1.54, 1.807) is 11.3 Å². The number of rotatable bonds is 11. The van der Waals surface area contributed by atoms with Crippen molar-refractivity contribution in [2.45, 2.75) is 97.3 Å². The lowest BCUT2D eigenvalue weighted by molar-refractivity contribution is -0.116. The summed E-state index contributed by atoms with van der Waals surface area (Å²) in [6.45, 7) is 4.40. The summed E-state index contributed by atoms with van der Waals surface area (Å²) >= 11 is 1.58. The molecule has 152 valence electrons. The van der Waals surface area contributed by atoms with Crippen molar-refractivity contribution in [2.75, 3.05) is 11.9 Å². The van der Waals surface area contributed by atoms with Crippen LogP contribution in [0.25, 0.3) is 0 Å². The Balaban J connectivity index is 1.92. The number of aryl methyl sites for hydroxylation is 1. The fraction of sp³-hybridized carbons (Fsp3) is 0.727. The Morgan fingerprint density at radius 3 is 2.41 bits per heavy atom. The zero-order valence-corrected chi connectivity index (χ0v) is 17.8. The predicted molar refractivity (Wildman–Crippen MR) is 113 cm³/mol. The van der Waals surface area contributed by atoms with Crippen molar-refractivity contribution in [1.29, 1.82) is 0 Å². The van der Waals surface area contributed by atoms with Gasteiger partial charge in [-0.1, -0.05) is 51.9 Å². The second-order valence-electron chi connectivity index (χ2n) is 7.41. The van der Waals surface area contributed by atoms with Crippen LogP contribution in [-0.4, -0.2) is 18.5 Å². The van der Waals surface area contributed by atoms with E-state index in [-0.39, 0.29) is 11.9 Å². The highest BCUT2D eigenvalue weighted by atomic mass is 32.1. The number of thiophene rings is 1. The van der Waals surface area contributed by atoms with Crippen LogP contribution in [-0.2, 0) is 22.4 Å². The molecule has 0 aromatic carbocycles. The number of amides is 1. The molecule has 1 aliphatic carbocycles. The van der Waals surface area contributed by atoms with Crippen molar-refractivity contribution in [2.24, 2.45) is 0 Å². The monoisotopic (exact) mass is 393 g/mol. The topological polar surface area (TPSA) is 55.4 Å². The van der Waals surface area contributed by atoms with Crippen LogP contribution < -0.4 is 5.32 Å². The van der Waals surface area contributed by atoms with Crippen LogP contribution >= 0.6 is 11.3 Å². The van der Waals surface area contributed by atoms with Crippen LogP contribution in [0.1, 0.15) is 105 Å². The lowest BCUT2D eigenvalue weighted by Crippen LogP contribution is -2.15. The van der Waals surface area contributed by atoms with Gasteiger partial charge in [-0.3, -0.25) is 4.79 Å². The molecule has 1 aromatic rings. The zero-order chi connectivity index (χ0) is 19.5. The average Bonchev–Trinajstić information content (AvgIpc) is 2.82. The molecule has 1 N–H and O–H groups in total. The van der Waals surface area contributed by atoms with Crippen molar-refractivity contribution in [3.63, 3.8) is 0 Å². The van der Waals surface area contributed by atoms with Crippen LogP contribution in [0.5, 0.6) is 0 Å². The van der Waals surface area contributed by atoms with E-state index in [0.717, 1.165) is 44.1 Å². The van der Waals surface area contributed by atoms with Gasteiger partial charge in [-0.05, 0) is 44.6 Å². The van der Waals surface area contributed by atoms with Gasteiger partial charge in [0, 0.05) is 11.3 Å². The quantitative estimate of drug-likeness (QED) is 0.274. The van der Waals surface area contributed by atoms with Crippen LogP contribution in [0.4, 0.5) is 5.00 Å². The van der Waals surface area contributed by atoms with Gasteiger partial charge in [-0.2, -0.15) is 0 Å². The zero-order valence-electron chi connectivity index (χ0n) is 17.0. The van der Waals surface area contributed by atoms with Gasteiger partial charge in [0.25, 0.3) is 0 Å². The summed E-state index contributed by atoms with van der Waals surface area (Å²) in [5, 5.41) is 3.72. The lowest BCUT2D eigenvalue weighted by atomic mass is 10.1. The van der Waals surface area contributed by atoms with Crippen molar-refractivity contribution in [3.8, 4) is 0 Å². The number of hydrogen-bond acceptors (Lipinski definition) is 4. The first-order valence-corrected chi connectivity index (χ1v) is 11.6. The lowest BCUT2D eigenvalue weighted by Gasteiger charge is -2.08. The SMILES string of the molecule is CCCCCCCCCC(=O)Nc1sc2c(c1C(=O)OCC)CCCCC2. The van der Waals surface area contributed by atoms with E-state index < -0.39 is 0 Å². The van der Waals surface area contributed by atoms with Crippen LogP contribution in [0.15, 0.2) is 0 Å². The maximum Gasteiger partial charge on any atom is 0.341 e. The molecule has 0 aliphatic heterocycles. The first-order valence-electron chi connectivity index (χ1n) is 10.8. The van der Waals surface area contributed by atoms with Crippen molar-refractivity contribution in [3.05, 3.63) is 16.0 Å². The molecule has 0 fully saturated rings. The maximum atomic E-state index is 12.5. The Kier molecular flexibility index (Phi) is 9.89. The number of unbranched alkanes of at least 4 members (excludes halogenated alkanes) is 6. The third-order valence-electron chi connectivity index (χ3n) is 5.16. The summed E-state index contributed by atoms with van der Waals surface area (Å²) in [6.07, 6.45) is 14.2. The molecule has 0 unspecified atom stereocenters. The Hall–Kier alpha value is -1.36. The number of carbonyl (C=O) groups excluding carboxylic acids is 2. The van der Waals surface area contributed by atoms with Gasteiger partial charge in [0.05, 0.1) is 12.2 Å².